The number of benzene rings is 3. The van der Waals surface area contributed by atoms with Crippen molar-refractivity contribution in [2.75, 3.05) is 22.9 Å². The van der Waals surface area contributed by atoms with E-state index in [-0.39, 0.29) is 41.0 Å². The Morgan fingerprint density at radius 2 is 0.906 bits per heavy atom. The van der Waals surface area contributed by atoms with Gasteiger partial charge in [0.25, 0.3) is 0 Å². The maximum Gasteiger partial charge on any atom is -1.00 e. The minimum absolute atomic E-state index is 0. The Kier molecular flexibility index (Phi) is 18.6. The number of rotatable bonds is 7. The Balaban J connectivity index is 0.000000256. The fourth-order valence-corrected chi connectivity index (χ4v) is 18.0. The predicted molar refractivity (Wildman–Crippen MR) is 227 cm³/mol. The van der Waals surface area contributed by atoms with E-state index in [4.69, 9.17) is 0 Å². The fourth-order valence-electron chi connectivity index (χ4n) is 9.87. The van der Waals surface area contributed by atoms with Crippen molar-refractivity contribution in [1.82, 2.24) is 0 Å². The third-order valence-corrected chi connectivity index (χ3v) is 19.2. The first kappa shape index (κ1) is 44.7. The smallest absolute Gasteiger partial charge is 1.00 e. The van der Waals surface area contributed by atoms with Crippen LogP contribution in [0.25, 0.3) is 0 Å². The molecule has 1 heterocycles. The molecule has 3 aliphatic carbocycles. The number of hydrogen-bond donors (Lipinski definition) is 0. The van der Waals surface area contributed by atoms with Crippen molar-refractivity contribution in [2.45, 2.75) is 160 Å². The van der Waals surface area contributed by atoms with Crippen molar-refractivity contribution in [2.24, 2.45) is 0 Å². The maximum atomic E-state index is 2.60. The van der Waals surface area contributed by atoms with Crippen molar-refractivity contribution in [3.63, 3.8) is 0 Å². The van der Waals surface area contributed by atoms with Gasteiger partial charge < -0.3 is 24.8 Å². The zero-order valence-corrected chi connectivity index (χ0v) is 38.3. The fraction of sp³-hybridized carbons (Fsp3) is 0.565. The summed E-state index contributed by atoms with van der Waals surface area (Å²) in [5.41, 5.74) is 14.5. The predicted octanol–water partition coefficient (Wildman–Crippen LogP) is 7.06. The number of hydrogen-bond acceptors (Lipinski definition) is 3. The Bertz CT molecular complexity index is 1500. The first-order chi connectivity index (χ1) is 24.8. The molecule has 0 atom stereocenters. The summed E-state index contributed by atoms with van der Waals surface area (Å²) in [7, 11) is 0.385. The molecule has 0 unspecified atom stereocenters. The van der Waals surface area contributed by atoms with Crippen LogP contribution in [0.1, 0.15) is 130 Å². The Morgan fingerprint density at radius 1 is 0.547 bits per heavy atom. The van der Waals surface area contributed by atoms with Gasteiger partial charge in [0, 0.05) is 0 Å². The van der Waals surface area contributed by atoms with Gasteiger partial charge in [-0.2, -0.15) is 0 Å². The van der Waals surface area contributed by atoms with Gasteiger partial charge in [-0.15, -0.1) is 0 Å². The molecule has 4 aliphatic rings. The molecular weight excluding hydrogens is 816 g/mol. The van der Waals surface area contributed by atoms with Crippen LogP contribution in [0.2, 0.25) is 0 Å². The van der Waals surface area contributed by atoms with Crippen LogP contribution in [0.3, 0.4) is 0 Å². The van der Waals surface area contributed by atoms with Crippen LogP contribution in [0, 0.1) is 41.5 Å². The molecule has 0 spiro atoms. The molecule has 0 N–H and O–H groups in total. The van der Waals surface area contributed by atoms with Gasteiger partial charge in [-0.1, -0.05) is 65.7 Å². The van der Waals surface area contributed by atoms with Gasteiger partial charge in [0.2, 0.25) is 0 Å². The van der Waals surface area contributed by atoms with E-state index in [1.807, 2.05) is 11.8 Å². The molecule has 0 radical (unpaired) electrons. The molecular formula is C46H65Cl2N2PRuS-2. The molecule has 4 fully saturated rings. The largest absolute Gasteiger partial charge is 1.00 e. The molecule has 294 valence electrons. The number of anilines is 2. The summed E-state index contributed by atoms with van der Waals surface area (Å²) in [4.78, 5) is 6.51. The van der Waals surface area contributed by atoms with Crippen LogP contribution < -0.4 is 34.6 Å². The molecule has 0 bridgehead atoms. The van der Waals surface area contributed by atoms with Crippen molar-refractivity contribution in [1.29, 1.82) is 0 Å². The van der Waals surface area contributed by atoms with Gasteiger partial charge in [-0.3, -0.25) is 0 Å². The minimum atomic E-state index is -0.0764. The third kappa shape index (κ3) is 11.8. The van der Waals surface area contributed by atoms with E-state index in [2.05, 4.69) is 110 Å². The second-order valence-corrected chi connectivity index (χ2v) is 22.5. The molecule has 1 aliphatic heterocycles. The van der Waals surface area contributed by atoms with Crippen molar-refractivity contribution in [3.8, 4) is 0 Å². The number of nitrogens with zero attached hydrogens (tertiary/aromatic N) is 2. The summed E-state index contributed by atoms with van der Waals surface area (Å²) in [5.74, 6) is 0. The molecule has 3 aromatic rings. The summed E-state index contributed by atoms with van der Waals surface area (Å²) in [6.07, 6.45) is 23.6. The van der Waals surface area contributed by atoms with E-state index in [0.29, 0.717) is 7.92 Å². The summed E-state index contributed by atoms with van der Waals surface area (Å²) in [6, 6.07) is 20.0. The quantitative estimate of drug-likeness (QED) is 0.143. The summed E-state index contributed by atoms with van der Waals surface area (Å²) in [6.45, 7) is 15.5. The van der Waals surface area contributed by atoms with Gasteiger partial charge in [0.1, 0.15) is 0 Å². The standard InChI is InChI=1S/C21H26N2.C18H33P.C7H6S.2ClH.Ru/c1-14-9-16(3)20(17(4)10-14)22-7-8-23(13-22)21-18(5)11-15(2)12-19(21)6;1-4-10-16(11-5-1)19(17-12-6-2-7-13-17)18-14-8-3-9-15-18;1-8-7-5-3-2-4-6-7;;;/h9-12H,7-8H2,1-6H3;16-18H,1-15H2;1-6H;2*1H;/p-2. The van der Waals surface area contributed by atoms with Gasteiger partial charge in [0.15, 0.2) is 0 Å². The van der Waals surface area contributed by atoms with Crippen LogP contribution in [0.4, 0.5) is 11.4 Å². The Morgan fingerprint density at radius 3 is 1.26 bits per heavy atom. The van der Waals surface area contributed by atoms with E-state index >= 15 is 0 Å². The van der Waals surface area contributed by atoms with Gasteiger partial charge in [0.05, 0.1) is 0 Å². The van der Waals surface area contributed by atoms with E-state index in [1.54, 1.807) is 77.0 Å². The van der Waals surface area contributed by atoms with Crippen molar-refractivity contribution >= 4 is 39.4 Å². The summed E-state index contributed by atoms with van der Waals surface area (Å²) in [5, 5.41) is 0. The molecule has 53 heavy (non-hydrogen) atoms. The zero-order chi connectivity index (χ0) is 35.7. The molecule has 7 rings (SSSR count). The molecule has 3 saturated carbocycles. The number of thioether (sulfide) groups is 1. The van der Waals surface area contributed by atoms with Gasteiger partial charge >= 0.3 is 205 Å². The molecule has 0 aromatic heterocycles. The zero-order valence-electron chi connectivity index (χ0n) is 33.4. The SMILES string of the molecule is C1CCC(P(C2CCCCC2)C2CCCCC2)CC1.Cc1cc(C)c(N2CCN(c3c(C)cc(C)cc3C)[C]2=[Ru]=[CH]Sc2ccccc2)c(C)c1.[Cl-].[Cl-]. The van der Waals surface area contributed by atoms with E-state index < -0.39 is 0 Å². The van der Waals surface area contributed by atoms with Crippen molar-refractivity contribution in [3.05, 3.63) is 88.0 Å². The second kappa shape index (κ2) is 22.1. The van der Waals surface area contributed by atoms with Crippen LogP contribution in [0.5, 0.6) is 0 Å². The van der Waals surface area contributed by atoms with Gasteiger partial charge in [-0.25, -0.2) is 0 Å². The summed E-state index contributed by atoms with van der Waals surface area (Å²) >= 11 is 1.79. The third-order valence-electron chi connectivity index (χ3n) is 11.8. The van der Waals surface area contributed by atoms with Crippen LogP contribution in [-0.4, -0.2) is 38.4 Å². The maximum absolute atomic E-state index is 2.60. The first-order valence-corrected chi connectivity index (χ1v) is 24.6. The molecule has 0 amide bonds. The van der Waals surface area contributed by atoms with E-state index in [9.17, 15) is 0 Å². The van der Waals surface area contributed by atoms with Gasteiger partial charge in [-0.05, 0) is 55.5 Å². The average molecular weight is 881 g/mol. The topological polar surface area (TPSA) is 6.48 Å². The van der Waals surface area contributed by atoms with Crippen molar-refractivity contribution < 1.29 is 41.0 Å². The van der Waals surface area contributed by atoms with Crippen LogP contribution in [0.15, 0.2) is 59.5 Å². The molecule has 1 saturated heterocycles. The average Bonchev–Trinajstić information content (AvgIpc) is 3.52. The minimum Gasteiger partial charge on any atom is -1.00 e. The monoisotopic (exact) mass is 880 g/mol. The van der Waals surface area contributed by atoms with Crippen LogP contribution in [-0.2, 0) is 16.2 Å². The molecule has 2 nitrogen and oxygen atoms in total. The van der Waals surface area contributed by atoms with E-state index in [1.165, 1.54) is 90.2 Å². The van der Waals surface area contributed by atoms with Crippen LogP contribution >= 0.6 is 19.7 Å². The second-order valence-electron chi connectivity index (χ2n) is 16.0. The Labute approximate surface area is 348 Å². The molecule has 7 heteroatoms. The van der Waals surface area contributed by atoms with E-state index in [0.717, 1.165) is 13.1 Å². The first-order valence-electron chi connectivity index (χ1n) is 20.3. The number of aryl methyl sites for hydroxylation is 6. The molecule has 3 aromatic carbocycles. The Hall–Kier alpha value is -1.02. The number of halogens is 2. The normalized spacial score (nSPS) is 18.7. The summed E-state index contributed by atoms with van der Waals surface area (Å²) < 4.78 is 3.91.